The van der Waals surface area contributed by atoms with E-state index in [0.29, 0.717) is 24.3 Å². The van der Waals surface area contributed by atoms with E-state index in [0.717, 1.165) is 18.4 Å². The number of nitrogens with one attached hydrogen (secondary N) is 2. The summed E-state index contributed by atoms with van der Waals surface area (Å²) in [4.78, 5) is 24.6. The molecule has 2 unspecified atom stereocenters. The third kappa shape index (κ3) is 3.64. The Morgan fingerprint density at radius 2 is 1.84 bits per heavy atom. The second kappa shape index (κ2) is 6.80. The van der Waals surface area contributed by atoms with Crippen molar-refractivity contribution in [1.82, 2.24) is 20.4 Å². The Bertz CT molecular complexity index is 806. The minimum absolute atomic E-state index is 0.183. The van der Waals surface area contributed by atoms with Gasteiger partial charge in [-0.15, -0.1) is 0 Å². The fourth-order valence-corrected chi connectivity index (χ4v) is 3.87. The lowest BCUT2D eigenvalue weighted by Gasteiger charge is -2.29. The van der Waals surface area contributed by atoms with Gasteiger partial charge in [0.05, 0.1) is 6.54 Å². The van der Waals surface area contributed by atoms with E-state index in [-0.39, 0.29) is 17.5 Å². The van der Waals surface area contributed by atoms with Crippen LogP contribution < -0.4 is 16.2 Å². The van der Waals surface area contributed by atoms with Gasteiger partial charge < -0.3 is 10.6 Å². The van der Waals surface area contributed by atoms with Gasteiger partial charge in [0.15, 0.2) is 0 Å². The molecule has 130 valence electrons. The van der Waals surface area contributed by atoms with E-state index >= 15 is 0 Å². The van der Waals surface area contributed by atoms with Gasteiger partial charge in [-0.25, -0.2) is 4.68 Å². The zero-order valence-corrected chi connectivity index (χ0v) is 14.0. The molecular weight excluding hydrogens is 316 g/mol. The Labute approximate surface area is 146 Å². The number of piperidine rings is 1. The quantitative estimate of drug-likeness (QED) is 0.881. The number of nitrogens with zero attached hydrogens (tertiary/aromatic N) is 2. The van der Waals surface area contributed by atoms with Crippen molar-refractivity contribution >= 4 is 5.91 Å². The Morgan fingerprint density at radius 1 is 1.12 bits per heavy atom. The zero-order valence-electron chi connectivity index (χ0n) is 14.0. The molecule has 2 fully saturated rings. The molecule has 3 heterocycles. The number of hydrogen-bond acceptors (Lipinski definition) is 4. The van der Waals surface area contributed by atoms with E-state index in [9.17, 15) is 9.59 Å². The minimum Gasteiger partial charge on any atom is -0.348 e. The van der Waals surface area contributed by atoms with E-state index in [1.54, 1.807) is 0 Å². The average molecular weight is 338 g/mol. The van der Waals surface area contributed by atoms with E-state index in [1.807, 2.05) is 30.3 Å². The molecule has 6 heteroatoms. The van der Waals surface area contributed by atoms with Crippen molar-refractivity contribution in [3.05, 3.63) is 64.1 Å². The Morgan fingerprint density at radius 3 is 2.56 bits per heavy atom. The maximum Gasteiger partial charge on any atom is 0.271 e. The van der Waals surface area contributed by atoms with E-state index in [1.165, 1.54) is 29.7 Å². The largest absolute Gasteiger partial charge is 0.348 e. The first-order valence-electron chi connectivity index (χ1n) is 8.86. The van der Waals surface area contributed by atoms with Gasteiger partial charge in [-0.05, 0) is 37.3 Å². The van der Waals surface area contributed by atoms with Crippen LogP contribution in [-0.2, 0) is 6.54 Å². The molecule has 0 aliphatic carbocycles. The fraction of sp³-hybridized carbons (Fsp3) is 0.421. The highest BCUT2D eigenvalue weighted by molar-refractivity contribution is 5.92. The standard InChI is InChI=1S/C19H22N4O2/c24-18-9-8-17(22-23(18)12-13-4-2-1-3-5-13)19(25)21-16-10-14-6-7-15(11-16)20-14/h1-5,8-9,14-16,20H,6-7,10-12H2,(H,21,25). The molecule has 4 rings (SSSR count). The third-order valence-corrected chi connectivity index (χ3v) is 5.08. The Balaban J connectivity index is 1.47. The maximum atomic E-state index is 12.6. The molecule has 2 atom stereocenters. The van der Waals surface area contributed by atoms with Crippen LogP contribution in [0.5, 0.6) is 0 Å². The fourth-order valence-electron chi connectivity index (χ4n) is 3.87. The molecule has 2 aliphatic heterocycles. The van der Waals surface area contributed by atoms with Crippen LogP contribution >= 0.6 is 0 Å². The Hall–Kier alpha value is -2.47. The first-order valence-corrected chi connectivity index (χ1v) is 8.86. The first kappa shape index (κ1) is 16.0. The van der Waals surface area contributed by atoms with Gasteiger partial charge in [0.1, 0.15) is 5.69 Å². The molecule has 2 aromatic rings. The van der Waals surface area contributed by atoms with Crippen LogP contribution in [0.4, 0.5) is 0 Å². The first-order chi connectivity index (χ1) is 12.2. The summed E-state index contributed by atoms with van der Waals surface area (Å²) < 4.78 is 1.34. The van der Waals surface area contributed by atoms with Crippen molar-refractivity contribution in [3.63, 3.8) is 0 Å². The molecule has 1 aromatic heterocycles. The second-order valence-corrected chi connectivity index (χ2v) is 6.98. The van der Waals surface area contributed by atoms with Crippen molar-refractivity contribution in [3.8, 4) is 0 Å². The molecule has 2 N–H and O–H groups in total. The van der Waals surface area contributed by atoms with Gasteiger partial charge in [0.2, 0.25) is 0 Å². The number of rotatable bonds is 4. The summed E-state index contributed by atoms with van der Waals surface area (Å²) in [6.07, 6.45) is 4.31. The Kier molecular flexibility index (Phi) is 4.36. The van der Waals surface area contributed by atoms with Gasteiger partial charge >= 0.3 is 0 Å². The van der Waals surface area contributed by atoms with Crippen LogP contribution in [0.3, 0.4) is 0 Å². The predicted octanol–water partition coefficient (Wildman–Crippen LogP) is 1.30. The van der Waals surface area contributed by atoms with Crippen molar-refractivity contribution in [2.45, 2.75) is 50.4 Å². The van der Waals surface area contributed by atoms with Crippen LogP contribution in [0.25, 0.3) is 0 Å². The number of aromatic nitrogens is 2. The number of hydrogen-bond donors (Lipinski definition) is 2. The molecule has 0 saturated carbocycles. The lowest BCUT2D eigenvalue weighted by Crippen LogP contribution is -2.48. The highest BCUT2D eigenvalue weighted by Gasteiger charge is 2.34. The summed E-state index contributed by atoms with van der Waals surface area (Å²) in [7, 11) is 0. The molecule has 6 nitrogen and oxygen atoms in total. The highest BCUT2D eigenvalue weighted by Crippen LogP contribution is 2.26. The van der Waals surface area contributed by atoms with Crippen LogP contribution in [0.1, 0.15) is 41.7 Å². The molecule has 1 amide bonds. The average Bonchev–Trinajstić information content (AvgIpc) is 2.96. The smallest absolute Gasteiger partial charge is 0.271 e. The molecule has 2 saturated heterocycles. The van der Waals surface area contributed by atoms with E-state index in [2.05, 4.69) is 15.7 Å². The van der Waals surface area contributed by atoms with E-state index < -0.39 is 0 Å². The van der Waals surface area contributed by atoms with E-state index in [4.69, 9.17) is 0 Å². The number of benzene rings is 1. The minimum atomic E-state index is -0.208. The summed E-state index contributed by atoms with van der Waals surface area (Å²) in [5.74, 6) is -0.201. The summed E-state index contributed by atoms with van der Waals surface area (Å²) in [6, 6.07) is 13.8. The van der Waals surface area contributed by atoms with Crippen molar-refractivity contribution in [2.24, 2.45) is 0 Å². The van der Waals surface area contributed by atoms with Gasteiger partial charge in [0.25, 0.3) is 11.5 Å². The molecule has 0 radical (unpaired) electrons. The summed E-state index contributed by atoms with van der Waals surface area (Å²) >= 11 is 0. The molecular formula is C19H22N4O2. The monoisotopic (exact) mass is 338 g/mol. The lowest BCUT2D eigenvalue weighted by atomic mass is 10.00. The predicted molar refractivity (Wildman–Crippen MR) is 94.5 cm³/mol. The maximum absolute atomic E-state index is 12.6. The summed E-state index contributed by atoms with van der Waals surface area (Å²) in [6.45, 7) is 0.359. The molecule has 2 bridgehead atoms. The van der Waals surface area contributed by atoms with Gasteiger partial charge in [0, 0.05) is 24.2 Å². The summed E-state index contributed by atoms with van der Waals surface area (Å²) in [5, 5.41) is 10.9. The van der Waals surface area contributed by atoms with Crippen molar-refractivity contribution < 1.29 is 4.79 Å². The molecule has 1 aromatic carbocycles. The van der Waals surface area contributed by atoms with Crippen LogP contribution in [0.15, 0.2) is 47.3 Å². The van der Waals surface area contributed by atoms with Gasteiger partial charge in [-0.3, -0.25) is 9.59 Å². The highest BCUT2D eigenvalue weighted by atomic mass is 16.2. The molecule has 25 heavy (non-hydrogen) atoms. The molecule has 0 spiro atoms. The van der Waals surface area contributed by atoms with Gasteiger partial charge in [-0.1, -0.05) is 30.3 Å². The zero-order chi connectivity index (χ0) is 17.2. The topological polar surface area (TPSA) is 76.0 Å². The number of carbonyl (C=O) groups excluding carboxylic acids is 1. The van der Waals surface area contributed by atoms with Crippen LogP contribution in [-0.4, -0.2) is 33.8 Å². The second-order valence-electron chi connectivity index (χ2n) is 6.98. The third-order valence-electron chi connectivity index (χ3n) is 5.08. The van der Waals surface area contributed by atoms with Crippen molar-refractivity contribution in [2.75, 3.05) is 0 Å². The van der Waals surface area contributed by atoms with Crippen molar-refractivity contribution in [1.29, 1.82) is 0 Å². The van der Waals surface area contributed by atoms with Crippen LogP contribution in [0, 0.1) is 0 Å². The number of carbonyl (C=O) groups is 1. The lowest BCUT2D eigenvalue weighted by molar-refractivity contribution is 0.0916. The SMILES string of the molecule is O=C(NC1CC2CCC(C1)N2)c1ccc(=O)n(Cc2ccccc2)n1. The van der Waals surface area contributed by atoms with Crippen LogP contribution in [0.2, 0.25) is 0 Å². The van der Waals surface area contributed by atoms with Gasteiger partial charge in [-0.2, -0.15) is 5.10 Å². The number of amides is 1. The molecule has 2 aliphatic rings. The number of fused-ring (bicyclic) bond motifs is 2. The normalized spacial score (nSPS) is 24.9. The summed E-state index contributed by atoms with van der Waals surface area (Å²) in [5.41, 5.74) is 1.06.